The van der Waals surface area contributed by atoms with Gasteiger partial charge in [-0.3, -0.25) is 4.79 Å². The molecule has 3 N–H and O–H groups in total. The molecule has 130 valence electrons. The van der Waals surface area contributed by atoms with E-state index in [9.17, 15) is 4.79 Å². The molecule has 1 aromatic carbocycles. The van der Waals surface area contributed by atoms with E-state index in [0.717, 1.165) is 25.3 Å². The second-order valence-corrected chi connectivity index (χ2v) is 7.93. The third-order valence-electron chi connectivity index (χ3n) is 6.23. The summed E-state index contributed by atoms with van der Waals surface area (Å²) in [5.41, 5.74) is 8.65. The number of nitrogens with one attached hydrogen (secondary N) is 1. The second-order valence-electron chi connectivity index (χ2n) is 7.93. The second kappa shape index (κ2) is 5.74. The zero-order valence-corrected chi connectivity index (χ0v) is 14.5. The van der Waals surface area contributed by atoms with Gasteiger partial charge in [-0.05, 0) is 51.1 Å². The summed E-state index contributed by atoms with van der Waals surface area (Å²) in [7, 11) is 4.12. The first-order valence-electron chi connectivity index (χ1n) is 8.97. The first-order chi connectivity index (χ1) is 11.5. The number of anilines is 1. The van der Waals surface area contributed by atoms with Gasteiger partial charge in [-0.2, -0.15) is 0 Å². The standard InChI is InChI=1S/C19H27N3O2/c1-22(2)11-13-5-4-12(18(20)23)10-15(13)21-16-14-6-9-24-17(14)19(16)7-3-8-19/h4-5,10,14,16-17,21H,3,6-9,11H2,1-2H3,(H2,20,23). The largest absolute Gasteiger partial charge is 0.381 e. The smallest absolute Gasteiger partial charge is 0.248 e. The van der Waals surface area contributed by atoms with Crippen LogP contribution in [0.15, 0.2) is 18.2 Å². The van der Waals surface area contributed by atoms with Crippen molar-refractivity contribution in [3.05, 3.63) is 29.3 Å². The number of fused-ring (bicyclic) bond motifs is 2. The molecule has 3 fully saturated rings. The van der Waals surface area contributed by atoms with Crippen molar-refractivity contribution in [2.24, 2.45) is 17.1 Å². The van der Waals surface area contributed by atoms with E-state index in [2.05, 4.69) is 24.3 Å². The molecular weight excluding hydrogens is 302 g/mol. The van der Waals surface area contributed by atoms with Crippen LogP contribution in [0.4, 0.5) is 5.69 Å². The van der Waals surface area contributed by atoms with E-state index in [0.29, 0.717) is 29.0 Å². The number of hydrogen-bond donors (Lipinski definition) is 2. The summed E-state index contributed by atoms with van der Waals surface area (Å²) in [6.45, 7) is 1.73. The van der Waals surface area contributed by atoms with Crippen molar-refractivity contribution in [2.45, 2.75) is 44.4 Å². The summed E-state index contributed by atoms with van der Waals surface area (Å²) < 4.78 is 6.01. The monoisotopic (exact) mass is 329 g/mol. The molecule has 1 aliphatic heterocycles. The molecule has 2 aliphatic carbocycles. The third-order valence-corrected chi connectivity index (χ3v) is 6.23. The van der Waals surface area contributed by atoms with Crippen LogP contribution < -0.4 is 11.1 Å². The minimum atomic E-state index is -0.372. The molecule has 4 rings (SSSR count). The van der Waals surface area contributed by atoms with Crippen LogP contribution in [0.25, 0.3) is 0 Å². The Hall–Kier alpha value is -1.59. The molecule has 0 aromatic heterocycles. The van der Waals surface area contributed by atoms with Crippen LogP contribution >= 0.6 is 0 Å². The van der Waals surface area contributed by atoms with E-state index in [4.69, 9.17) is 10.5 Å². The topological polar surface area (TPSA) is 67.6 Å². The average Bonchev–Trinajstić information content (AvgIpc) is 2.89. The molecule has 1 aromatic rings. The molecule has 0 radical (unpaired) electrons. The van der Waals surface area contributed by atoms with E-state index in [1.54, 1.807) is 0 Å². The molecule has 5 heteroatoms. The predicted molar refractivity (Wildman–Crippen MR) is 93.9 cm³/mol. The molecule has 0 bridgehead atoms. The maximum Gasteiger partial charge on any atom is 0.248 e. The Morgan fingerprint density at radius 1 is 1.42 bits per heavy atom. The fraction of sp³-hybridized carbons (Fsp3) is 0.632. The lowest BCUT2D eigenvalue weighted by molar-refractivity contribution is -0.158. The van der Waals surface area contributed by atoms with Crippen molar-refractivity contribution in [2.75, 3.05) is 26.0 Å². The first-order valence-corrected chi connectivity index (χ1v) is 8.97. The van der Waals surface area contributed by atoms with Crippen LogP contribution in [0.5, 0.6) is 0 Å². The summed E-state index contributed by atoms with van der Waals surface area (Å²) >= 11 is 0. The van der Waals surface area contributed by atoms with E-state index < -0.39 is 0 Å². The molecule has 1 spiro atoms. The Kier molecular flexibility index (Phi) is 3.81. The Balaban J connectivity index is 1.62. The van der Waals surface area contributed by atoms with E-state index in [1.165, 1.54) is 24.8 Å². The van der Waals surface area contributed by atoms with Crippen molar-refractivity contribution in [3.63, 3.8) is 0 Å². The van der Waals surface area contributed by atoms with Crippen LogP contribution in [0.1, 0.15) is 41.6 Å². The summed E-state index contributed by atoms with van der Waals surface area (Å²) in [5.74, 6) is 0.234. The van der Waals surface area contributed by atoms with E-state index >= 15 is 0 Å². The lowest BCUT2D eigenvalue weighted by Crippen LogP contribution is -2.68. The minimum absolute atomic E-state index is 0.319. The lowest BCUT2D eigenvalue weighted by atomic mass is 9.46. The fourth-order valence-corrected chi connectivity index (χ4v) is 4.97. The number of primary amides is 1. The van der Waals surface area contributed by atoms with Crippen LogP contribution in [0.3, 0.4) is 0 Å². The number of carbonyl (C=O) groups excluding carboxylic acids is 1. The first kappa shape index (κ1) is 15.9. The molecule has 3 atom stereocenters. The molecule has 24 heavy (non-hydrogen) atoms. The number of benzene rings is 1. The number of nitrogens with zero attached hydrogens (tertiary/aromatic N) is 1. The lowest BCUT2D eigenvalue weighted by Gasteiger charge is -2.63. The summed E-state index contributed by atoms with van der Waals surface area (Å²) in [5, 5.41) is 3.80. The van der Waals surface area contributed by atoms with E-state index in [-0.39, 0.29) is 5.91 Å². The van der Waals surface area contributed by atoms with Crippen molar-refractivity contribution < 1.29 is 9.53 Å². The molecular formula is C19H27N3O2. The van der Waals surface area contributed by atoms with Gasteiger partial charge in [-0.1, -0.05) is 12.5 Å². The minimum Gasteiger partial charge on any atom is -0.381 e. The Morgan fingerprint density at radius 3 is 2.83 bits per heavy atom. The zero-order valence-electron chi connectivity index (χ0n) is 14.5. The predicted octanol–water partition coefficient (Wildman–Crippen LogP) is 2.22. The van der Waals surface area contributed by atoms with Gasteiger partial charge in [-0.25, -0.2) is 0 Å². The Morgan fingerprint density at radius 2 is 2.21 bits per heavy atom. The van der Waals surface area contributed by atoms with Crippen LogP contribution in [-0.2, 0) is 11.3 Å². The highest BCUT2D eigenvalue weighted by Crippen LogP contribution is 2.63. The van der Waals surface area contributed by atoms with Crippen molar-refractivity contribution in [1.82, 2.24) is 4.90 Å². The van der Waals surface area contributed by atoms with Gasteiger partial charge in [0.25, 0.3) is 0 Å². The van der Waals surface area contributed by atoms with E-state index in [1.807, 2.05) is 18.2 Å². The molecule has 5 nitrogen and oxygen atoms in total. The molecule has 1 heterocycles. The van der Waals surface area contributed by atoms with Gasteiger partial charge in [0.2, 0.25) is 5.91 Å². The van der Waals surface area contributed by atoms with Gasteiger partial charge >= 0.3 is 0 Å². The van der Waals surface area contributed by atoms with Crippen LogP contribution in [-0.4, -0.2) is 43.7 Å². The van der Waals surface area contributed by atoms with Gasteiger partial charge in [0.15, 0.2) is 0 Å². The zero-order chi connectivity index (χ0) is 16.9. The summed E-state index contributed by atoms with van der Waals surface area (Å²) in [4.78, 5) is 13.7. The van der Waals surface area contributed by atoms with Gasteiger partial charge in [-0.15, -0.1) is 0 Å². The highest BCUT2D eigenvalue weighted by atomic mass is 16.5. The number of nitrogens with two attached hydrogens (primary N) is 1. The quantitative estimate of drug-likeness (QED) is 0.869. The van der Waals surface area contributed by atoms with Gasteiger partial charge in [0, 0.05) is 41.8 Å². The van der Waals surface area contributed by atoms with Crippen molar-refractivity contribution >= 4 is 11.6 Å². The molecule has 1 amide bonds. The highest BCUT2D eigenvalue weighted by Gasteiger charge is 2.66. The van der Waals surface area contributed by atoms with Crippen molar-refractivity contribution in [1.29, 1.82) is 0 Å². The Bertz CT molecular complexity index is 654. The number of ether oxygens (including phenoxy) is 1. The molecule has 1 saturated heterocycles. The maximum absolute atomic E-state index is 11.6. The maximum atomic E-state index is 11.6. The summed E-state index contributed by atoms with van der Waals surface area (Å²) in [6, 6.07) is 6.24. The van der Waals surface area contributed by atoms with Gasteiger partial charge in [0.05, 0.1) is 6.10 Å². The number of hydrogen-bond acceptors (Lipinski definition) is 4. The molecule has 3 unspecified atom stereocenters. The number of amides is 1. The molecule has 3 aliphatic rings. The van der Waals surface area contributed by atoms with Crippen LogP contribution in [0, 0.1) is 11.3 Å². The molecule has 2 saturated carbocycles. The van der Waals surface area contributed by atoms with Gasteiger partial charge < -0.3 is 20.7 Å². The third kappa shape index (κ3) is 2.33. The number of rotatable bonds is 5. The Labute approximate surface area is 143 Å². The number of carbonyl (C=O) groups is 1. The normalized spacial score (nSPS) is 29.9. The summed E-state index contributed by atoms with van der Waals surface area (Å²) in [6.07, 6.45) is 5.40. The van der Waals surface area contributed by atoms with Crippen molar-refractivity contribution in [3.8, 4) is 0 Å². The van der Waals surface area contributed by atoms with Gasteiger partial charge in [0.1, 0.15) is 0 Å². The average molecular weight is 329 g/mol. The van der Waals surface area contributed by atoms with Crippen LogP contribution in [0.2, 0.25) is 0 Å². The highest BCUT2D eigenvalue weighted by molar-refractivity contribution is 5.94. The SMILES string of the molecule is CN(C)Cc1ccc(C(N)=O)cc1NC1C2CCOC2C12CCC2. The fourth-order valence-electron chi connectivity index (χ4n) is 4.97.